The van der Waals surface area contributed by atoms with E-state index in [-0.39, 0.29) is 18.0 Å². The summed E-state index contributed by atoms with van der Waals surface area (Å²) in [7, 11) is 0. The molecule has 1 aliphatic rings. The van der Waals surface area contributed by atoms with Crippen molar-refractivity contribution in [1.82, 2.24) is 9.47 Å². The average Bonchev–Trinajstić information content (AvgIpc) is 3.42. The molecule has 0 atom stereocenters. The van der Waals surface area contributed by atoms with Crippen molar-refractivity contribution in [3.05, 3.63) is 94.4 Å². The number of ether oxygens (including phenoxy) is 1. The molecule has 0 radical (unpaired) electrons. The Balaban J connectivity index is 1.32. The highest BCUT2D eigenvalue weighted by molar-refractivity contribution is 5.80. The summed E-state index contributed by atoms with van der Waals surface area (Å²) >= 11 is 0. The Morgan fingerprint density at radius 3 is 2.55 bits per heavy atom. The van der Waals surface area contributed by atoms with E-state index in [2.05, 4.69) is 11.0 Å². The van der Waals surface area contributed by atoms with Crippen LogP contribution in [0.1, 0.15) is 24.2 Å². The Morgan fingerprint density at radius 1 is 0.968 bits per heavy atom. The summed E-state index contributed by atoms with van der Waals surface area (Å²) in [6.07, 6.45) is 4.20. The molecular formula is C25H23FN2O3. The molecule has 0 bridgehead atoms. The second-order valence-corrected chi connectivity index (χ2v) is 7.90. The summed E-state index contributed by atoms with van der Waals surface area (Å²) in [6.45, 7) is 3.33. The molecule has 0 spiro atoms. The Kier molecular flexibility index (Phi) is 5.30. The molecule has 31 heavy (non-hydrogen) atoms. The minimum atomic E-state index is -0.288. The van der Waals surface area contributed by atoms with E-state index in [1.807, 2.05) is 18.2 Å². The molecule has 1 fully saturated rings. The van der Waals surface area contributed by atoms with Gasteiger partial charge < -0.3 is 9.15 Å². The highest BCUT2D eigenvalue weighted by Crippen LogP contribution is 2.24. The highest BCUT2D eigenvalue weighted by atomic mass is 19.1. The summed E-state index contributed by atoms with van der Waals surface area (Å²) in [4.78, 5) is 15.1. The van der Waals surface area contributed by atoms with E-state index in [0.717, 1.165) is 47.6 Å². The lowest BCUT2D eigenvalue weighted by atomic mass is 10.2. The van der Waals surface area contributed by atoms with Crippen LogP contribution in [0.25, 0.3) is 16.7 Å². The first-order chi connectivity index (χ1) is 15.1. The van der Waals surface area contributed by atoms with Crippen LogP contribution in [0.2, 0.25) is 0 Å². The number of likely N-dealkylation sites (tertiary alicyclic amines) is 1. The number of fused-ring (bicyclic) bond motifs is 1. The zero-order chi connectivity index (χ0) is 21.2. The van der Waals surface area contributed by atoms with Crippen molar-refractivity contribution >= 4 is 11.0 Å². The maximum absolute atomic E-state index is 13.0. The van der Waals surface area contributed by atoms with Crippen LogP contribution in [0.3, 0.4) is 0 Å². The SMILES string of the molecule is O=c1cc(OCc2ccc(F)cc2)ccn1-c1ccc2oc(CN3CCCC3)cc2c1. The molecule has 4 aromatic rings. The maximum atomic E-state index is 13.0. The van der Waals surface area contributed by atoms with Gasteiger partial charge in [-0.2, -0.15) is 0 Å². The fourth-order valence-corrected chi connectivity index (χ4v) is 3.99. The predicted molar refractivity (Wildman–Crippen MR) is 117 cm³/mol. The van der Waals surface area contributed by atoms with Gasteiger partial charge in [-0.1, -0.05) is 12.1 Å². The molecule has 0 saturated carbocycles. The topological polar surface area (TPSA) is 47.6 Å². The standard InChI is InChI=1S/C25H23FN2O3/c26-20-5-3-18(4-6-20)17-30-22-9-12-28(25(29)15-22)21-7-8-24-19(13-21)14-23(31-24)16-27-10-1-2-11-27/h3-9,12-15H,1-2,10-11,16-17H2. The third-order valence-corrected chi connectivity index (χ3v) is 5.62. The zero-order valence-corrected chi connectivity index (χ0v) is 17.1. The lowest BCUT2D eigenvalue weighted by Gasteiger charge is -2.11. The monoisotopic (exact) mass is 418 g/mol. The molecule has 0 N–H and O–H groups in total. The van der Waals surface area contributed by atoms with Gasteiger partial charge >= 0.3 is 0 Å². The van der Waals surface area contributed by atoms with E-state index in [4.69, 9.17) is 9.15 Å². The largest absolute Gasteiger partial charge is 0.489 e. The Bertz CT molecular complexity index is 1250. The Hall–Kier alpha value is -3.38. The number of rotatable bonds is 6. The molecule has 0 unspecified atom stereocenters. The normalized spacial score (nSPS) is 14.4. The van der Waals surface area contributed by atoms with Gasteiger partial charge in [0.25, 0.3) is 5.56 Å². The second-order valence-electron chi connectivity index (χ2n) is 7.90. The van der Waals surface area contributed by atoms with E-state index in [1.165, 1.54) is 31.0 Å². The molecular weight excluding hydrogens is 395 g/mol. The highest BCUT2D eigenvalue weighted by Gasteiger charge is 2.14. The van der Waals surface area contributed by atoms with Gasteiger partial charge in [0.1, 0.15) is 29.5 Å². The van der Waals surface area contributed by atoms with Crippen LogP contribution in [0.15, 0.2) is 76.1 Å². The first kappa shape index (κ1) is 19.6. The van der Waals surface area contributed by atoms with Gasteiger partial charge in [0.2, 0.25) is 0 Å². The summed E-state index contributed by atoms with van der Waals surface area (Å²) in [5, 5.41) is 0.982. The van der Waals surface area contributed by atoms with E-state index in [1.54, 1.807) is 29.0 Å². The van der Waals surface area contributed by atoms with E-state index < -0.39 is 0 Å². The summed E-state index contributed by atoms with van der Waals surface area (Å²) < 4.78 is 26.2. The smallest absolute Gasteiger partial charge is 0.258 e. The van der Waals surface area contributed by atoms with Crippen molar-refractivity contribution in [2.75, 3.05) is 13.1 Å². The van der Waals surface area contributed by atoms with Crippen molar-refractivity contribution in [2.45, 2.75) is 26.0 Å². The first-order valence-corrected chi connectivity index (χ1v) is 10.5. The van der Waals surface area contributed by atoms with Crippen molar-refractivity contribution in [2.24, 2.45) is 0 Å². The predicted octanol–water partition coefficient (Wildman–Crippen LogP) is 4.90. The molecule has 1 saturated heterocycles. The van der Waals surface area contributed by atoms with Gasteiger partial charge in [-0.25, -0.2) is 4.39 Å². The minimum absolute atomic E-state index is 0.184. The number of nitrogens with zero attached hydrogens (tertiary/aromatic N) is 2. The number of furan rings is 1. The van der Waals surface area contributed by atoms with Crippen molar-refractivity contribution in [1.29, 1.82) is 0 Å². The van der Waals surface area contributed by atoms with Gasteiger partial charge in [-0.3, -0.25) is 14.3 Å². The van der Waals surface area contributed by atoms with Crippen molar-refractivity contribution in [3.8, 4) is 11.4 Å². The molecule has 2 aromatic heterocycles. The molecule has 158 valence electrons. The Labute approximate surface area is 179 Å². The van der Waals surface area contributed by atoms with Gasteiger partial charge in [-0.15, -0.1) is 0 Å². The number of pyridine rings is 1. The number of aromatic nitrogens is 1. The molecule has 6 heteroatoms. The van der Waals surface area contributed by atoms with Gasteiger partial charge in [0, 0.05) is 23.3 Å². The Morgan fingerprint density at radius 2 is 1.77 bits per heavy atom. The first-order valence-electron chi connectivity index (χ1n) is 10.5. The number of hydrogen-bond acceptors (Lipinski definition) is 4. The number of halogens is 1. The van der Waals surface area contributed by atoms with Crippen molar-refractivity contribution < 1.29 is 13.5 Å². The van der Waals surface area contributed by atoms with Crippen LogP contribution < -0.4 is 10.3 Å². The van der Waals surface area contributed by atoms with Crippen LogP contribution in [0.4, 0.5) is 4.39 Å². The molecule has 0 aliphatic carbocycles. The fourth-order valence-electron chi connectivity index (χ4n) is 3.99. The lowest BCUT2D eigenvalue weighted by molar-refractivity contribution is 0.302. The van der Waals surface area contributed by atoms with Gasteiger partial charge in [0.05, 0.1) is 6.54 Å². The van der Waals surface area contributed by atoms with Crippen LogP contribution in [0.5, 0.6) is 5.75 Å². The van der Waals surface area contributed by atoms with Crippen LogP contribution in [-0.4, -0.2) is 22.6 Å². The molecule has 0 amide bonds. The van der Waals surface area contributed by atoms with E-state index >= 15 is 0 Å². The summed E-state index contributed by atoms with van der Waals surface area (Å²) in [6, 6.07) is 17.1. The minimum Gasteiger partial charge on any atom is -0.489 e. The fraction of sp³-hybridized carbons (Fsp3) is 0.240. The second kappa shape index (κ2) is 8.40. The summed E-state index contributed by atoms with van der Waals surface area (Å²) in [5.74, 6) is 1.14. The molecule has 5 rings (SSSR count). The zero-order valence-electron chi connectivity index (χ0n) is 17.1. The van der Waals surface area contributed by atoms with Crippen LogP contribution in [0, 0.1) is 5.82 Å². The molecule has 1 aliphatic heterocycles. The number of benzene rings is 2. The summed E-state index contributed by atoms with van der Waals surface area (Å²) in [5.41, 5.74) is 2.25. The lowest BCUT2D eigenvalue weighted by Crippen LogP contribution is -2.17. The van der Waals surface area contributed by atoms with Gasteiger partial charge in [-0.05, 0) is 74.0 Å². The molecule has 5 nitrogen and oxygen atoms in total. The van der Waals surface area contributed by atoms with Crippen LogP contribution in [-0.2, 0) is 13.2 Å². The van der Waals surface area contributed by atoms with Crippen molar-refractivity contribution in [3.63, 3.8) is 0 Å². The number of hydrogen-bond donors (Lipinski definition) is 0. The quantitative estimate of drug-likeness (QED) is 0.447. The molecule has 3 heterocycles. The molecule has 2 aromatic carbocycles. The maximum Gasteiger partial charge on any atom is 0.258 e. The average molecular weight is 418 g/mol. The third kappa shape index (κ3) is 4.39. The van der Waals surface area contributed by atoms with Crippen LogP contribution >= 0.6 is 0 Å². The third-order valence-electron chi connectivity index (χ3n) is 5.62. The van der Waals surface area contributed by atoms with E-state index in [9.17, 15) is 9.18 Å². The van der Waals surface area contributed by atoms with E-state index in [0.29, 0.717) is 5.75 Å². The van der Waals surface area contributed by atoms with Gasteiger partial charge in [0.15, 0.2) is 0 Å².